The van der Waals surface area contributed by atoms with Crippen molar-refractivity contribution in [2.45, 2.75) is 59.3 Å². The summed E-state index contributed by atoms with van der Waals surface area (Å²) in [6, 6.07) is 23.1. The Morgan fingerprint density at radius 2 is 1.31 bits per heavy atom. The molecule has 3 rings (SSSR count). The quantitative estimate of drug-likeness (QED) is 0.388. The van der Waals surface area contributed by atoms with Gasteiger partial charge < -0.3 is 4.74 Å². The number of ether oxygens (including phenoxy) is 1. The van der Waals surface area contributed by atoms with Gasteiger partial charge in [0.2, 0.25) is 0 Å². The first-order chi connectivity index (χ1) is 15.0. The summed E-state index contributed by atoms with van der Waals surface area (Å²) < 4.78 is 5.80. The van der Waals surface area contributed by atoms with Crippen molar-refractivity contribution in [3.8, 4) is 5.75 Å². The fraction of sp³-hybridized carbons (Fsp3) is 0.333. The lowest BCUT2D eigenvalue weighted by atomic mass is 9.82. The molecule has 0 saturated carbocycles. The van der Waals surface area contributed by atoms with Gasteiger partial charge in [0.15, 0.2) is 0 Å². The van der Waals surface area contributed by atoms with Crippen LogP contribution in [-0.4, -0.2) is 13.0 Å². The Bertz CT molecular complexity index is 1150. The van der Waals surface area contributed by atoms with E-state index < -0.39 is 0 Å². The monoisotopic (exact) mass is 425 g/mol. The average Bonchev–Trinajstić information content (AvgIpc) is 2.74. The van der Waals surface area contributed by atoms with Gasteiger partial charge in [-0.2, -0.15) is 0 Å². The molecule has 0 atom stereocenters. The van der Waals surface area contributed by atoms with E-state index in [-0.39, 0.29) is 10.8 Å². The zero-order chi connectivity index (χ0) is 23.5. The van der Waals surface area contributed by atoms with Crippen molar-refractivity contribution in [2.24, 2.45) is 4.99 Å². The van der Waals surface area contributed by atoms with E-state index in [0.717, 1.165) is 28.1 Å². The maximum Gasteiger partial charge on any atom is 0.127 e. The van der Waals surface area contributed by atoms with E-state index in [9.17, 15) is 0 Å². The lowest BCUT2D eigenvalue weighted by Gasteiger charge is -2.23. The molecule has 166 valence electrons. The lowest BCUT2D eigenvalue weighted by Crippen LogP contribution is -2.13. The van der Waals surface area contributed by atoms with Crippen molar-refractivity contribution >= 4 is 17.1 Å². The molecule has 0 fully saturated rings. The molecule has 0 aliphatic heterocycles. The highest BCUT2D eigenvalue weighted by Crippen LogP contribution is 2.36. The van der Waals surface area contributed by atoms with E-state index in [4.69, 9.17) is 9.73 Å². The molecule has 0 unspecified atom stereocenters. The fourth-order valence-corrected chi connectivity index (χ4v) is 3.62. The maximum atomic E-state index is 5.80. The number of rotatable bonds is 4. The van der Waals surface area contributed by atoms with Gasteiger partial charge in [-0.25, -0.2) is 4.99 Å². The zero-order valence-corrected chi connectivity index (χ0v) is 20.7. The fourth-order valence-electron chi connectivity index (χ4n) is 3.62. The predicted octanol–water partition coefficient (Wildman–Crippen LogP) is 8.03. The molecule has 0 amide bonds. The van der Waals surface area contributed by atoms with Crippen LogP contribution in [0.3, 0.4) is 0 Å². The Morgan fingerprint density at radius 3 is 1.88 bits per heavy atom. The maximum absolute atomic E-state index is 5.80. The van der Waals surface area contributed by atoms with E-state index in [1.54, 1.807) is 7.11 Å². The standard InChI is InChI=1S/C30H35NO/c1-21-14-15-22(29(2,3)4)18-25(21)27(20-31-24-12-10-9-11-13-24)26-19-23(30(5,6)7)16-17-28(26)32-8/h9-19H,1-8H3. The molecule has 0 aromatic heterocycles. The second kappa shape index (κ2) is 9.18. The van der Waals surface area contributed by atoms with Crippen molar-refractivity contribution in [3.63, 3.8) is 0 Å². The normalized spacial score (nSPS) is 11.6. The van der Waals surface area contributed by atoms with Crippen molar-refractivity contribution in [1.82, 2.24) is 0 Å². The second-order valence-corrected chi connectivity index (χ2v) is 10.4. The number of nitrogens with zero attached hydrogens (tertiary/aromatic N) is 1. The summed E-state index contributed by atoms with van der Waals surface area (Å²) in [7, 11) is 1.72. The van der Waals surface area contributed by atoms with E-state index in [2.05, 4.69) is 90.7 Å². The van der Waals surface area contributed by atoms with Gasteiger partial charge >= 0.3 is 0 Å². The predicted molar refractivity (Wildman–Crippen MR) is 138 cm³/mol. The third kappa shape index (κ3) is 5.39. The molecule has 0 N–H and O–H groups in total. The molecule has 0 aliphatic rings. The molecular weight excluding hydrogens is 390 g/mol. The first-order valence-electron chi connectivity index (χ1n) is 11.2. The molecule has 0 bridgehead atoms. The number of methoxy groups -OCH3 is 1. The van der Waals surface area contributed by atoms with Crippen LogP contribution in [0.2, 0.25) is 0 Å². The Hall–Kier alpha value is -3.09. The highest BCUT2D eigenvalue weighted by Gasteiger charge is 2.21. The Kier molecular flexibility index (Phi) is 6.77. The van der Waals surface area contributed by atoms with Crippen LogP contribution >= 0.6 is 0 Å². The SMILES string of the molecule is COc1ccc(C(C)(C)C)cc1C(=C=Nc1ccccc1)c1cc(C(C)(C)C)ccc1C. The van der Waals surface area contributed by atoms with E-state index in [1.807, 2.05) is 30.3 Å². The molecule has 0 heterocycles. The summed E-state index contributed by atoms with van der Waals surface area (Å²) in [5.74, 6) is 4.23. The van der Waals surface area contributed by atoms with Crippen molar-refractivity contribution in [1.29, 1.82) is 0 Å². The minimum absolute atomic E-state index is 0.0189. The molecule has 0 aliphatic carbocycles. The Labute approximate surface area is 193 Å². The topological polar surface area (TPSA) is 21.6 Å². The van der Waals surface area contributed by atoms with Gasteiger partial charge in [-0.1, -0.05) is 77.9 Å². The Morgan fingerprint density at radius 1 is 0.750 bits per heavy atom. The van der Waals surface area contributed by atoms with E-state index in [0.29, 0.717) is 0 Å². The van der Waals surface area contributed by atoms with E-state index >= 15 is 0 Å². The largest absolute Gasteiger partial charge is 0.496 e. The van der Waals surface area contributed by atoms with Gasteiger partial charge in [0, 0.05) is 5.56 Å². The van der Waals surface area contributed by atoms with E-state index in [1.165, 1.54) is 16.7 Å². The number of benzene rings is 3. The van der Waals surface area contributed by atoms with Crippen LogP contribution in [0.5, 0.6) is 5.75 Å². The number of hydrogen-bond acceptors (Lipinski definition) is 2. The Balaban J connectivity index is 2.35. The van der Waals surface area contributed by atoms with Gasteiger partial charge in [-0.3, -0.25) is 0 Å². The summed E-state index contributed by atoms with van der Waals surface area (Å²) in [6.07, 6.45) is 0. The van der Waals surface area contributed by atoms with Crippen molar-refractivity contribution in [3.05, 3.63) is 94.5 Å². The molecule has 3 aromatic carbocycles. The van der Waals surface area contributed by atoms with Crippen LogP contribution in [0.4, 0.5) is 5.69 Å². The van der Waals surface area contributed by atoms with Crippen LogP contribution in [0.25, 0.3) is 5.57 Å². The second-order valence-electron chi connectivity index (χ2n) is 10.4. The summed E-state index contributed by atoms with van der Waals surface area (Å²) >= 11 is 0. The van der Waals surface area contributed by atoms with Crippen LogP contribution in [0.15, 0.2) is 71.7 Å². The number of hydrogen-bond donors (Lipinski definition) is 0. The third-order valence-corrected chi connectivity index (χ3v) is 5.76. The summed E-state index contributed by atoms with van der Waals surface area (Å²) in [6.45, 7) is 15.5. The number of aliphatic imine (C=N–C) groups is 1. The number of aryl methyl sites for hydroxylation is 1. The summed E-state index contributed by atoms with van der Waals surface area (Å²) in [5.41, 5.74) is 7.73. The van der Waals surface area contributed by atoms with Crippen LogP contribution in [-0.2, 0) is 10.8 Å². The third-order valence-electron chi connectivity index (χ3n) is 5.76. The van der Waals surface area contributed by atoms with Gasteiger partial charge in [0.25, 0.3) is 0 Å². The lowest BCUT2D eigenvalue weighted by molar-refractivity contribution is 0.413. The van der Waals surface area contributed by atoms with Crippen LogP contribution < -0.4 is 4.74 Å². The molecule has 0 saturated heterocycles. The smallest absolute Gasteiger partial charge is 0.127 e. The van der Waals surface area contributed by atoms with Gasteiger partial charge in [-0.15, -0.1) is 0 Å². The first-order valence-corrected chi connectivity index (χ1v) is 11.2. The molecule has 2 nitrogen and oxygen atoms in total. The molecule has 2 heteroatoms. The number of para-hydroxylation sites is 1. The van der Waals surface area contributed by atoms with Gasteiger partial charge in [0.05, 0.1) is 18.4 Å². The van der Waals surface area contributed by atoms with Crippen molar-refractivity contribution in [2.75, 3.05) is 7.11 Å². The molecule has 3 aromatic rings. The van der Waals surface area contributed by atoms with Crippen molar-refractivity contribution < 1.29 is 4.74 Å². The van der Waals surface area contributed by atoms with Gasteiger partial charge in [-0.05, 0) is 76.2 Å². The van der Waals surface area contributed by atoms with Gasteiger partial charge in [0.1, 0.15) is 5.75 Å². The molecule has 0 radical (unpaired) electrons. The highest BCUT2D eigenvalue weighted by molar-refractivity contribution is 6.02. The van der Waals surface area contributed by atoms with Crippen LogP contribution in [0, 0.1) is 6.92 Å². The van der Waals surface area contributed by atoms with Crippen LogP contribution in [0.1, 0.15) is 69.4 Å². The minimum atomic E-state index is 0.0189. The zero-order valence-electron chi connectivity index (χ0n) is 20.7. The first kappa shape index (κ1) is 23.6. The summed E-state index contributed by atoms with van der Waals surface area (Å²) in [4.78, 5) is 4.72. The highest BCUT2D eigenvalue weighted by atomic mass is 16.5. The molecule has 32 heavy (non-hydrogen) atoms. The minimum Gasteiger partial charge on any atom is -0.496 e. The molecule has 0 spiro atoms. The average molecular weight is 426 g/mol. The molecular formula is C30H35NO. The summed E-state index contributed by atoms with van der Waals surface area (Å²) in [5, 5.41) is 0.